The zero-order valence-corrected chi connectivity index (χ0v) is 13.5. The third-order valence-corrected chi connectivity index (χ3v) is 5.00. The highest BCUT2D eigenvalue weighted by molar-refractivity contribution is 5.18. The number of aromatic nitrogens is 2. The van der Waals surface area contributed by atoms with E-state index in [9.17, 15) is 0 Å². The van der Waals surface area contributed by atoms with E-state index in [1.165, 1.54) is 44.1 Å². The van der Waals surface area contributed by atoms with Crippen LogP contribution in [0.2, 0.25) is 0 Å². The molecule has 1 aromatic heterocycles. The van der Waals surface area contributed by atoms with Gasteiger partial charge in [0.05, 0.1) is 12.2 Å². The van der Waals surface area contributed by atoms with Gasteiger partial charge < -0.3 is 10.2 Å². The summed E-state index contributed by atoms with van der Waals surface area (Å²) in [6.07, 6.45) is 12.2. The molecule has 114 valence electrons. The van der Waals surface area contributed by atoms with E-state index in [1.54, 1.807) is 0 Å². The summed E-state index contributed by atoms with van der Waals surface area (Å²) in [7, 11) is 6.56. The lowest BCUT2D eigenvalue weighted by atomic mass is 9.79. The molecule has 1 saturated carbocycles. The third kappa shape index (κ3) is 2.91. The molecular formula is C16H30N4. The fourth-order valence-electron chi connectivity index (χ4n) is 3.78. The zero-order valence-electron chi connectivity index (χ0n) is 13.5. The Morgan fingerprint density at radius 2 is 1.95 bits per heavy atom. The maximum absolute atomic E-state index is 4.47. The standard InChI is InChI=1S/C16H30N4/c1-5-20-13-14(12-18-20)15(17-2)16(19(3)4)10-8-6-7-9-11-16/h12-13,15,17H,5-11H2,1-4H3. The zero-order chi connectivity index (χ0) is 14.6. The highest BCUT2D eigenvalue weighted by atomic mass is 15.3. The summed E-state index contributed by atoms with van der Waals surface area (Å²) >= 11 is 0. The molecule has 0 spiro atoms. The second kappa shape index (κ2) is 6.72. The van der Waals surface area contributed by atoms with Gasteiger partial charge in [0.1, 0.15) is 0 Å². The first-order valence-corrected chi connectivity index (χ1v) is 8.01. The van der Waals surface area contributed by atoms with Crippen molar-refractivity contribution in [1.82, 2.24) is 20.0 Å². The maximum Gasteiger partial charge on any atom is 0.0538 e. The molecule has 1 N–H and O–H groups in total. The first-order chi connectivity index (χ1) is 9.64. The smallest absolute Gasteiger partial charge is 0.0538 e. The van der Waals surface area contributed by atoms with Gasteiger partial charge in [-0.15, -0.1) is 0 Å². The maximum atomic E-state index is 4.47. The van der Waals surface area contributed by atoms with Crippen LogP contribution in [0.4, 0.5) is 0 Å². The SMILES string of the molecule is CCn1cc(C(NC)C2(N(C)C)CCCCCC2)cn1. The number of hydrogen-bond donors (Lipinski definition) is 1. The summed E-state index contributed by atoms with van der Waals surface area (Å²) in [4.78, 5) is 2.45. The number of hydrogen-bond acceptors (Lipinski definition) is 3. The van der Waals surface area contributed by atoms with Gasteiger partial charge in [-0.2, -0.15) is 5.10 Å². The lowest BCUT2D eigenvalue weighted by Gasteiger charge is -2.45. The molecule has 0 bridgehead atoms. The fraction of sp³-hybridized carbons (Fsp3) is 0.812. The molecule has 0 aliphatic heterocycles. The minimum atomic E-state index is 0.215. The molecule has 4 nitrogen and oxygen atoms in total. The molecule has 0 amide bonds. The van der Waals surface area contributed by atoms with Gasteiger partial charge in [-0.3, -0.25) is 4.68 Å². The van der Waals surface area contributed by atoms with E-state index in [0.29, 0.717) is 6.04 Å². The second-order valence-electron chi connectivity index (χ2n) is 6.26. The van der Waals surface area contributed by atoms with Crippen LogP contribution < -0.4 is 5.32 Å². The Bertz CT molecular complexity index is 402. The van der Waals surface area contributed by atoms with Gasteiger partial charge in [-0.05, 0) is 40.9 Å². The van der Waals surface area contributed by atoms with Gasteiger partial charge in [-0.25, -0.2) is 0 Å². The number of aryl methyl sites for hydroxylation is 1. The van der Waals surface area contributed by atoms with Crippen molar-refractivity contribution >= 4 is 0 Å². The largest absolute Gasteiger partial charge is 0.311 e. The average molecular weight is 278 g/mol. The van der Waals surface area contributed by atoms with E-state index in [4.69, 9.17) is 0 Å². The molecule has 1 fully saturated rings. The van der Waals surface area contributed by atoms with E-state index in [1.807, 2.05) is 10.9 Å². The van der Waals surface area contributed by atoms with Crippen LogP contribution in [-0.4, -0.2) is 41.4 Å². The molecule has 1 unspecified atom stereocenters. The van der Waals surface area contributed by atoms with Crippen LogP contribution in [0.3, 0.4) is 0 Å². The summed E-state index contributed by atoms with van der Waals surface area (Å²) in [6, 6.07) is 0.357. The Labute approximate surface area is 123 Å². The van der Waals surface area contributed by atoms with Gasteiger partial charge in [0.15, 0.2) is 0 Å². The van der Waals surface area contributed by atoms with Crippen molar-refractivity contribution in [2.45, 2.75) is 63.6 Å². The predicted octanol–water partition coefficient (Wildman–Crippen LogP) is 2.82. The van der Waals surface area contributed by atoms with Crippen molar-refractivity contribution < 1.29 is 0 Å². The molecule has 0 aromatic carbocycles. The Kier molecular flexibility index (Phi) is 5.22. The summed E-state index contributed by atoms with van der Waals surface area (Å²) in [5, 5.41) is 8.05. The molecule has 1 aliphatic rings. The molecule has 4 heteroatoms. The van der Waals surface area contributed by atoms with Gasteiger partial charge >= 0.3 is 0 Å². The van der Waals surface area contributed by atoms with Crippen molar-refractivity contribution in [2.24, 2.45) is 0 Å². The van der Waals surface area contributed by atoms with Crippen LogP contribution in [0.15, 0.2) is 12.4 Å². The van der Waals surface area contributed by atoms with Gasteiger partial charge in [-0.1, -0.05) is 25.7 Å². The summed E-state index contributed by atoms with van der Waals surface area (Å²) in [5.41, 5.74) is 1.54. The van der Waals surface area contributed by atoms with E-state index < -0.39 is 0 Å². The first kappa shape index (κ1) is 15.5. The molecular weight excluding hydrogens is 248 g/mol. The van der Waals surface area contributed by atoms with Crippen LogP contribution in [-0.2, 0) is 6.54 Å². The summed E-state index contributed by atoms with van der Waals surface area (Å²) in [5.74, 6) is 0. The average Bonchev–Trinajstić information content (AvgIpc) is 2.76. The van der Waals surface area contributed by atoms with Crippen molar-refractivity contribution in [1.29, 1.82) is 0 Å². The molecule has 1 aliphatic carbocycles. The van der Waals surface area contributed by atoms with Crippen molar-refractivity contribution in [3.63, 3.8) is 0 Å². The molecule has 1 heterocycles. The lowest BCUT2D eigenvalue weighted by molar-refractivity contribution is 0.0834. The number of likely N-dealkylation sites (N-methyl/N-ethyl adjacent to an activating group) is 2. The van der Waals surface area contributed by atoms with Gasteiger partial charge in [0.25, 0.3) is 0 Å². The van der Waals surface area contributed by atoms with Crippen molar-refractivity contribution in [2.75, 3.05) is 21.1 Å². The molecule has 0 radical (unpaired) electrons. The number of nitrogens with zero attached hydrogens (tertiary/aromatic N) is 3. The molecule has 20 heavy (non-hydrogen) atoms. The Hall–Kier alpha value is -0.870. The Morgan fingerprint density at radius 1 is 1.30 bits per heavy atom. The highest BCUT2D eigenvalue weighted by Crippen LogP contribution is 2.40. The molecule has 0 saturated heterocycles. The third-order valence-electron chi connectivity index (χ3n) is 5.00. The van der Waals surface area contributed by atoms with Crippen LogP contribution in [0.1, 0.15) is 57.1 Å². The molecule has 2 rings (SSSR count). The van der Waals surface area contributed by atoms with Crippen molar-refractivity contribution in [3.8, 4) is 0 Å². The first-order valence-electron chi connectivity index (χ1n) is 8.01. The van der Waals surface area contributed by atoms with Gasteiger partial charge in [0, 0.05) is 23.8 Å². The summed E-state index contributed by atoms with van der Waals surface area (Å²) in [6.45, 7) is 3.07. The minimum absolute atomic E-state index is 0.215. The minimum Gasteiger partial charge on any atom is -0.311 e. The highest BCUT2D eigenvalue weighted by Gasteiger charge is 2.41. The van der Waals surface area contributed by atoms with Crippen LogP contribution in [0.25, 0.3) is 0 Å². The molecule has 1 aromatic rings. The lowest BCUT2D eigenvalue weighted by Crippen LogP contribution is -2.52. The predicted molar refractivity (Wildman–Crippen MR) is 83.8 cm³/mol. The van der Waals surface area contributed by atoms with Crippen molar-refractivity contribution in [3.05, 3.63) is 18.0 Å². The van der Waals surface area contributed by atoms with Crippen LogP contribution >= 0.6 is 0 Å². The van der Waals surface area contributed by atoms with E-state index in [0.717, 1.165) is 6.54 Å². The second-order valence-corrected chi connectivity index (χ2v) is 6.26. The number of nitrogens with one attached hydrogen (secondary N) is 1. The topological polar surface area (TPSA) is 33.1 Å². The normalized spacial score (nSPS) is 20.9. The molecule has 1 atom stereocenters. The Morgan fingerprint density at radius 3 is 2.40 bits per heavy atom. The van der Waals surface area contributed by atoms with Crippen LogP contribution in [0.5, 0.6) is 0 Å². The number of rotatable bonds is 5. The Balaban J connectivity index is 2.33. The van der Waals surface area contributed by atoms with Gasteiger partial charge in [0.2, 0.25) is 0 Å². The van der Waals surface area contributed by atoms with E-state index in [2.05, 4.69) is 49.6 Å². The fourth-order valence-corrected chi connectivity index (χ4v) is 3.78. The van der Waals surface area contributed by atoms with Crippen LogP contribution in [0, 0.1) is 0 Å². The van der Waals surface area contributed by atoms with E-state index >= 15 is 0 Å². The van der Waals surface area contributed by atoms with E-state index in [-0.39, 0.29) is 5.54 Å². The monoisotopic (exact) mass is 278 g/mol. The summed E-state index contributed by atoms with van der Waals surface area (Å²) < 4.78 is 2.03. The quantitative estimate of drug-likeness (QED) is 0.841.